The zero-order valence-corrected chi connectivity index (χ0v) is 13.0. The van der Waals surface area contributed by atoms with Gasteiger partial charge in [0.1, 0.15) is 12.7 Å². The van der Waals surface area contributed by atoms with E-state index in [1.54, 1.807) is 6.33 Å². The molecule has 0 aromatic carbocycles. The number of rotatable bonds is 7. The number of anilines is 2. The van der Waals surface area contributed by atoms with Crippen LogP contribution in [0.15, 0.2) is 12.7 Å². The molecule has 21 heavy (non-hydrogen) atoms. The molecule has 1 N–H and O–H groups in total. The van der Waals surface area contributed by atoms with E-state index in [4.69, 9.17) is 0 Å². The Kier molecular flexibility index (Phi) is 5.02. The van der Waals surface area contributed by atoms with Crippen LogP contribution in [0.5, 0.6) is 0 Å². The molecule has 0 saturated carbocycles. The third-order valence-corrected chi connectivity index (χ3v) is 3.25. The lowest BCUT2D eigenvalue weighted by Gasteiger charge is -2.25. The summed E-state index contributed by atoms with van der Waals surface area (Å²) in [5, 5.41) is 7.20. The Labute approximate surface area is 124 Å². The van der Waals surface area contributed by atoms with Crippen molar-refractivity contribution in [3.63, 3.8) is 0 Å². The third-order valence-electron chi connectivity index (χ3n) is 3.25. The van der Waals surface area contributed by atoms with Crippen molar-refractivity contribution in [2.75, 3.05) is 23.8 Å². The first kappa shape index (κ1) is 15.1. The van der Waals surface area contributed by atoms with Crippen molar-refractivity contribution >= 4 is 11.9 Å². The number of hydrogen-bond donors (Lipinski definition) is 1. The molecule has 2 rings (SSSR count). The fourth-order valence-corrected chi connectivity index (χ4v) is 1.97. The van der Waals surface area contributed by atoms with E-state index in [-0.39, 0.29) is 0 Å². The van der Waals surface area contributed by atoms with E-state index < -0.39 is 0 Å². The summed E-state index contributed by atoms with van der Waals surface area (Å²) in [5.41, 5.74) is 0. The van der Waals surface area contributed by atoms with E-state index in [9.17, 15) is 0 Å². The molecule has 0 aliphatic heterocycles. The minimum absolute atomic E-state index is 0.357. The highest BCUT2D eigenvalue weighted by Crippen LogP contribution is 2.15. The van der Waals surface area contributed by atoms with Crippen molar-refractivity contribution < 1.29 is 0 Å². The summed E-state index contributed by atoms with van der Waals surface area (Å²) < 4.78 is 1.53. The summed E-state index contributed by atoms with van der Waals surface area (Å²) in [6.07, 6.45) is 5.23. The van der Waals surface area contributed by atoms with Crippen LogP contribution in [-0.2, 0) is 0 Å². The van der Waals surface area contributed by atoms with Gasteiger partial charge in [0, 0.05) is 19.6 Å². The van der Waals surface area contributed by atoms with Crippen LogP contribution in [0.1, 0.15) is 33.6 Å². The molecule has 1 atom stereocenters. The molecule has 0 aliphatic carbocycles. The first-order valence-corrected chi connectivity index (χ1v) is 7.23. The van der Waals surface area contributed by atoms with Gasteiger partial charge in [-0.3, -0.25) is 0 Å². The summed E-state index contributed by atoms with van der Waals surface area (Å²) in [4.78, 5) is 19.3. The summed E-state index contributed by atoms with van der Waals surface area (Å²) in [7, 11) is 2.00. The molecule has 8 nitrogen and oxygen atoms in total. The average molecular weight is 290 g/mol. The Balaban J connectivity index is 2.36. The highest BCUT2D eigenvalue weighted by Gasteiger charge is 2.15. The quantitative estimate of drug-likeness (QED) is 0.827. The Morgan fingerprint density at radius 3 is 2.71 bits per heavy atom. The molecule has 2 aromatic rings. The van der Waals surface area contributed by atoms with E-state index in [1.807, 2.05) is 14.0 Å². The van der Waals surface area contributed by atoms with Gasteiger partial charge in [0.15, 0.2) is 0 Å². The Bertz CT molecular complexity index is 553. The molecular formula is C13H22N8. The minimum atomic E-state index is 0.357. The van der Waals surface area contributed by atoms with E-state index in [0.29, 0.717) is 23.9 Å². The zero-order valence-electron chi connectivity index (χ0n) is 13.0. The number of nitrogens with zero attached hydrogens (tertiary/aromatic N) is 7. The van der Waals surface area contributed by atoms with Gasteiger partial charge < -0.3 is 10.2 Å². The van der Waals surface area contributed by atoms with Crippen LogP contribution >= 0.6 is 0 Å². The Morgan fingerprint density at radius 2 is 2.10 bits per heavy atom. The number of nitrogens with one attached hydrogen (secondary N) is 1. The van der Waals surface area contributed by atoms with Crippen molar-refractivity contribution in [2.45, 2.75) is 39.7 Å². The van der Waals surface area contributed by atoms with E-state index >= 15 is 0 Å². The van der Waals surface area contributed by atoms with E-state index in [1.165, 1.54) is 11.0 Å². The summed E-state index contributed by atoms with van der Waals surface area (Å²) >= 11 is 0. The molecule has 0 amide bonds. The van der Waals surface area contributed by atoms with Crippen molar-refractivity contribution in [2.24, 2.45) is 0 Å². The Morgan fingerprint density at radius 1 is 1.29 bits per heavy atom. The smallest absolute Gasteiger partial charge is 0.258 e. The van der Waals surface area contributed by atoms with Crippen LogP contribution < -0.4 is 10.2 Å². The maximum absolute atomic E-state index is 4.49. The molecule has 0 spiro atoms. The van der Waals surface area contributed by atoms with Crippen molar-refractivity contribution in [3.8, 4) is 5.95 Å². The monoisotopic (exact) mass is 290 g/mol. The second-order valence-electron chi connectivity index (χ2n) is 4.88. The van der Waals surface area contributed by atoms with Gasteiger partial charge in [-0.1, -0.05) is 13.3 Å². The van der Waals surface area contributed by atoms with Gasteiger partial charge in [0.05, 0.1) is 0 Å². The number of aromatic nitrogens is 6. The van der Waals surface area contributed by atoms with Crippen LogP contribution in [0.2, 0.25) is 0 Å². The first-order chi connectivity index (χ1) is 10.2. The van der Waals surface area contributed by atoms with Crippen molar-refractivity contribution in [1.29, 1.82) is 0 Å². The van der Waals surface area contributed by atoms with Gasteiger partial charge in [0.25, 0.3) is 5.95 Å². The van der Waals surface area contributed by atoms with E-state index in [2.05, 4.69) is 49.1 Å². The fourth-order valence-electron chi connectivity index (χ4n) is 1.97. The zero-order chi connectivity index (χ0) is 15.2. The van der Waals surface area contributed by atoms with Gasteiger partial charge in [-0.15, -0.1) is 0 Å². The molecule has 114 valence electrons. The van der Waals surface area contributed by atoms with Gasteiger partial charge in [-0.05, 0) is 20.3 Å². The normalized spacial score (nSPS) is 12.2. The summed E-state index contributed by atoms with van der Waals surface area (Å²) in [6.45, 7) is 7.08. The van der Waals surface area contributed by atoms with Crippen molar-refractivity contribution in [3.05, 3.63) is 12.7 Å². The predicted octanol–water partition coefficient (Wildman–Crippen LogP) is 1.51. The summed E-state index contributed by atoms with van der Waals surface area (Å²) in [5.74, 6) is 1.64. The van der Waals surface area contributed by atoms with Crippen LogP contribution in [0.4, 0.5) is 11.9 Å². The maximum Gasteiger partial charge on any atom is 0.258 e. The van der Waals surface area contributed by atoms with Crippen LogP contribution in [0.3, 0.4) is 0 Å². The molecule has 2 aromatic heterocycles. The topological polar surface area (TPSA) is 84.7 Å². The molecule has 0 saturated heterocycles. The largest absolute Gasteiger partial charge is 0.354 e. The molecule has 8 heteroatoms. The van der Waals surface area contributed by atoms with Gasteiger partial charge in [-0.25, -0.2) is 4.98 Å². The molecule has 0 fully saturated rings. The van der Waals surface area contributed by atoms with Gasteiger partial charge >= 0.3 is 0 Å². The van der Waals surface area contributed by atoms with Crippen LogP contribution in [0.25, 0.3) is 5.95 Å². The molecule has 1 unspecified atom stereocenters. The van der Waals surface area contributed by atoms with Gasteiger partial charge in [-0.2, -0.15) is 24.7 Å². The van der Waals surface area contributed by atoms with Crippen molar-refractivity contribution in [1.82, 2.24) is 29.7 Å². The van der Waals surface area contributed by atoms with Crippen LogP contribution in [0, 0.1) is 0 Å². The predicted molar refractivity (Wildman–Crippen MR) is 81.7 cm³/mol. The SMILES string of the molecule is CCCC(C)N(C)c1nc(NCC)nc(-n2cncn2)n1. The maximum atomic E-state index is 4.49. The van der Waals surface area contributed by atoms with Gasteiger partial charge in [0.2, 0.25) is 11.9 Å². The lowest BCUT2D eigenvalue weighted by atomic mass is 10.2. The number of hydrogen-bond acceptors (Lipinski definition) is 7. The molecular weight excluding hydrogens is 268 g/mol. The highest BCUT2D eigenvalue weighted by molar-refractivity contribution is 5.39. The van der Waals surface area contributed by atoms with E-state index in [0.717, 1.165) is 19.4 Å². The van der Waals surface area contributed by atoms with Crippen LogP contribution in [-0.4, -0.2) is 49.4 Å². The third kappa shape index (κ3) is 3.65. The summed E-state index contributed by atoms with van der Waals surface area (Å²) in [6, 6.07) is 0.357. The molecule has 0 radical (unpaired) electrons. The average Bonchev–Trinajstić information content (AvgIpc) is 3.01. The minimum Gasteiger partial charge on any atom is -0.354 e. The highest BCUT2D eigenvalue weighted by atomic mass is 15.4. The standard InChI is InChI=1S/C13H22N8/c1-5-7-10(3)20(4)12-17-11(15-6-2)18-13(19-12)21-9-14-8-16-21/h8-10H,5-7H2,1-4H3,(H,15,17,18,19). The lowest BCUT2D eigenvalue weighted by Crippen LogP contribution is -2.31. The lowest BCUT2D eigenvalue weighted by molar-refractivity contribution is 0.602. The first-order valence-electron chi connectivity index (χ1n) is 7.23. The second-order valence-corrected chi connectivity index (χ2v) is 4.88. The molecule has 0 aliphatic rings. The molecule has 2 heterocycles. The molecule has 0 bridgehead atoms. The Hall–Kier alpha value is -2.25. The fraction of sp³-hybridized carbons (Fsp3) is 0.615. The second kappa shape index (κ2) is 6.96.